The summed E-state index contributed by atoms with van der Waals surface area (Å²) < 4.78 is 5.34. The Hall–Kier alpha value is -3.21. The molecule has 0 atom stereocenters. The number of thioether (sulfide) groups is 1. The van der Waals surface area contributed by atoms with Crippen LogP contribution in [0.4, 0.5) is 5.69 Å². The predicted molar refractivity (Wildman–Crippen MR) is 119 cm³/mol. The Morgan fingerprint density at radius 2 is 1.83 bits per heavy atom. The maximum Gasteiger partial charge on any atom is 0.348 e. The molecular weight excluding hydrogens is 404 g/mol. The molecular formula is C22H16N2O3S2. The Labute approximate surface area is 178 Å². The van der Waals surface area contributed by atoms with Gasteiger partial charge >= 0.3 is 5.97 Å². The zero-order valence-corrected chi connectivity index (χ0v) is 17.1. The van der Waals surface area contributed by atoms with Crippen LogP contribution in [-0.4, -0.2) is 22.8 Å². The molecule has 144 valence electrons. The number of nitrogens with zero attached hydrogens (tertiary/aromatic N) is 2. The van der Waals surface area contributed by atoms with E-state index in [0.29, 0.717) is 14.8 Å². The molecule has 0 bridgehead atoms. The van der Waals surface area contributed by atoms with Crippen LogP contribution in [0.25, 0.3) is 12.2 Å². The lowest BCUT2D eigenvalue weighted by atomic mass is 10.1. The van der Waals surface area contributed by atoms with Gasteiger partial charge < -0.3 is 4.74 Å². The second-order valence-corrected chi connectivity index (χ2v) is 7.59. The van der Waals surface area contributed by atoms with Gasteiger partial charge in [0.05, 0.1) is 17.2 Å². The minimum Gasteiger partial charge on any atom is -0.462 e. The third-order valence-corrected chi connectivity index (χ3v) is 5.27. The van der Waals surface area contributed by atoms with Crippen molar-refractivity contribution in [3.05, 3.63) is 76.2 Å². The highest BCUT2D eigenvalue weighted by atomic mass is 32.2. The van der Waals surface area contributed by atoms with Crippen molar-refractivity contribution in [2.24, 2.45) is 0 Å². The zero-order valence-electron chi connectivity index (χ0n) is 15.5. The molecule has 0 aliphatic carbocycles. The highest BCUT2D eigenvalue weighted by molar-refractivity contribution is 8.27. The number of hydrogen-bond donors (Lipinski definition) is 0. The van der Waals surface area contributed by atoms with E-state index in [-0.39, 0.29) is 18.1 Å². The molecule has 0 aromatic heterocycles. The quantitative estimate of drug-likeness (QED) is 0.306. The molecule has 1 saturated heterocycles. The summed E-state index contributed by atoms with van der Waals surface area (Å²) >= 11 is 6.62. The Kier molecular flexibility index (Phi) is 6.60. The van der Waals surface area contributed by atoms with Gasteiger partial charge in [0.15, 0.2) is 4.32 Å². The number of thiocarbonyl (C=S) groups is 1. The van der Waals surface area contributed by atoms with Crippen LogP contribution in [0.15, 0.2) is 65.1 Å². The number of esters is 1. The fourth-order valence-electron chi connectivity index (χ4n) is 2.62. The average molecular weight is 421 g/mol. The summed E-state index contributed by atoms with van der Waals surface area (Å²) in [7, 11) is 0. The van der Waals surface area contributed by atoms with E-state index in [1.807, 2.05) is 36.4 Å². The molecule has 5 nitrogen and oxygen atoms in total. The summed E-state index contributed by atoms with van der Waals surface area (Å²) in [5.41, 5.74) is 2.17. The normalized spacial score (nSPS) is 15.5. The summed E-state index contributed by atoms with van der Waals surface area (Å²) in [6.07, 6.45) is 3.24. The highest BCUT2D eigenvalue weighted by Gasteiger charge is 2.33. The molecule has 0 radical (unpaired) electrons. The fourth-order valence-corrected chi connectivity index (χ4v) is 3.92. The lowest BCUT2D eigenvalue weighted by molar-refractivity contribution is -0.137. The van der Waals surface area contributed by atoms with Gasteiger partial charge in [-0.3, -0.25) is 9.69 Å². The third-order valence-electron chi connectivity index (χ3n) is 3.97. The van der Waals surface area contributed by atoms with Gasteiger partial charge in [-0.25, -0.2) is 4.79 Å². The Bertz CT molecular complexity index is 1050. The van der Waals surface area contributed by atoms with Crippen LogP contribution >= 0.6 is 24.0 Å². The Balaban J connectivity index is 1.80. The van der Waals surface area contributed by atoms with Crippen LogP contribution in [0.3, 0.4) is 0 Å². The van der Waals surface area contributed by atoms with Crippen LogP contribution in [0, 0.1) is 11.3 Å². The van der Waals surface area contributed by atoms with Crippen molar-refractivity contribution in [3.8, 4) is 6.07 Å². The summed E-state index contributed by atoms with van der Waals surface area (Å²) in [4.78, 5) is 26.5. The number of nitriles is 1. The fraction of sp³-hybridized carbons (Fsp3) is 0.0909. The van der Waals surface area contributed by atoms with Gasteiger partial charge in [0, 0.05) is 0 Å². The second kappa shape index (κ2) is 9.32. The Morgan fingerprint density at radius 3 is 2.45 bits per heavy atom. The molecule has 0 spiro atoms. The van der Waals surface area contributed by atoms with Crippen LogP contribution in [0.2, 0.25) is 0 Å². The van der Waals surface area contributed by atoms with Gasteiger partial charge in [-0.05, 0) is 42.3 Å². The summed E-state index contributed by atoms with van der Waals surface area (Å²) in [6, 6.07) is 18.3. The number of ether oxygens (including phenoxy) is 1. The number of rotatable bonds is 5. The Morgan fingerprint density at radius 1 is 1.17 bits per heavy atom. The van der Waals surface area contributed by atoms with Crippen LogP contribution in [-0.2, 0) is 14.3 Å². The highest BCUT2D eigenvalue weighted by Crippen LogP contribution is 2.35. The van der Waals surface area contributed by atoms with E-state index >= 15 is 0 Å². The molecule has 0 N–H and O–H groups in total. The van der Waals surface area contributed by atoms with Crippen LogP contribution < -0.4 is 4.90 Å². The summed E-state index contributed by atoms with van der Waals surface area (Å²) in [6.45, 7) is 1.89. The van der Waals surface area contributed by atoms with Crippen molar-refractivity contribution in [2.75, 3.05) is 11.5 Å². The van der Waals surface area contributed by atoms with Crippen molar-refractivity contribution >= 4 is 58.0 Å². The molecule has 1 fully saturated rings. The van der Waals surface area contributed by atoms with Crippen LogP contribution in [0.5, 0.6) is 0 Å². The molecule has 0 unspecified atom stereocenters. The predicted octanol–water partition coefficient (Wildman–Crippen LogP) is 4.56. The van der Waals surface area contributed by atoms with Crippen molar-refractivity contribution < 1.29 is 14.3 Å². The van der Waals surface area contributed by atoms with E-state index in [0.717, 1.165) is 11.3 Å². The van der Waals surface area contributed by atoms with Gasteiger partial charge in [0.2, 0.25) is 0 Å². The minimum atomic E-state index is -0.649. The first-order valence-electron chi connectivity index (χ1n) is 8.75. The molecule has 2 aromatic rings. The topological polar surface area (TPSA) is 70.4 Å². The molecule has 29 heavy (non-hydrogen) atoms. The van der Waals surface area contributed by atoms with E-state index in [9.17, 15) is 9.59 Å². The number of anilines is 1. The SMILES string of the molecule is CCOC(=O)C(C#N)=Cc1ccc(C=C2SC(=S)N(c3ccccc3)C2=O)cc1. The van der Waals surface area contributed by atoms with Crippen molar-refractivity contribution in [1.29, 1.82) is 5.26 Å². The summed E-state index contributed by atoms with van der Waals surface area (Å²) in [5, 5.41) is 9.12. The van der Waals surface area contributed by atoms with E-state index in [1.54, 1.807) is 37.3 Å². The third kappa shape index (κ3) is 4.80. The number of amides is 1. The largest absolute Gasteiger partial charge is 0.462 e. The molecule has 0 saturated carbocycles. The van der Waals surface area contributed by atoms with Crippen LogP contribution in [0.1, 0.15) is 18.1 Å². The van der Waals surface area contributed by atoms with Gasteiger partial charge in [-0.15, -0.1) is 0 Å². The van der Waals surface area contributed by atoms with Gasteiger partial charge in [0.25, 0.3) is 5.91 Å². The lowest BCUT2D eigenvalue weighted by Gasteiger charge is -2.13. The molecule has 3 rings (SSSR count). The van der Waals surface area contributed by atoms with E-state index < -0.39 is 5.97 Å². The molecule has 1 aliphatic rings. The maximum absolute atomic E-state index is 12.8. The first-order chi connectivity index (χ1) is 14.0. The monoisotopic (exact) mass is 420 g/mol. The van der Waals surface area contributed by atoms with Crippen molar-refractivity contribution in [1.82, 2.24) is 0 Å². The standard InChI is InChI=1S/C22H16N2O3S2/c1-2-27-21(26)17(14-23)12-15-8-10-16(11-9-15)13-19-20(25)24(22(28)29-19)18-6-4-3-5-7-18/h3-13H,2H2,1H3. The van der Waals surface area contributed by atoms with Gasteiger partial charge in [0.1, 0.15) is 11.6 Å². The van der Waals surface area contributed by atoms with E-state index in [1.165, 1.54) is 22.7 Å². The van der Waals surface area contributed by atoms with E-state index in [4.69, 9.17) is 22.2 Å². The molecule has 1 amide bonds. The zero-order chi connectivity index (χ0) is 20.8. The van der Waals surface area contributed by atoms with E-state index in [2.05, 4.69) is 0 Å². The summed E-state index contributed by atoms with van der Waals surface area (Å²) in [5.74, 6) is -0.812. The second-order valence-electron chi connectivity index (χ2n) is 5.91. The number of para-hydroxylation sites is 1. The van der Waals surface area contributed by atoms with Crippen molar-refractivity contribution in [2.45, 2.75) is 6.92 Å². The number of benzene rings is 2. The minimum absolute atomic E-state index is 0.0664. The number of hydrogen-bond acceptors (Lipinski definition) is 6. The maximum atomic E-state index is 12.8. The molecule has 7 heteroatoms. The first-order valence-corrected chi connectivity index (χ1v) is 9.98. The number of carbonyl (C=O) groups is 2. The first kappa shape index (κ1) is 20.5. The smallest absolute Gasteiger partial charge is 0.348 e. The van der Waals surface area contributed by atoms with Gasteiger partial charge in [-0.2, -0.15) is 5.26 Å². The average Bonchev–Trinajstić information content (AvgIpc) is 3.01. The molecule has 2 aromatic carbocycles. The van der Waals surface area contributed by atoms with Crippen molar-refractivity contribution in [3.63, 3.8) is 0 Å². The van der Waals surface area contributed by atoms with Gasteiger partial charge in [-0.1, -0.05) is 66.4 Å². The number of carbonyl (C=O) groups excluding carboxylic acids is 2. The lowest BCUT2D eigenvalue weighted by Crippen LogP contribution is -2.27. The molecule has 1 aliphatic heterocycles. The molecule has 1 heterocycles.